The molecule has 0 saturated heterocycles. The highest BCUT2D eigenvalue weighted by Crippen LogP contribution is 2.62. The summed E-state index contributed by atoms with van der Waals surface area (Å²) in [6.45, 7) is 20.3. The van der Waals surface area contributed by atoms with Crippen LogP contribution in [-0.2, 0) is 0 Å². The Balaban J connectivity index is 3.29. The van der Waals surface area contributed by atoms with Gasteiger partial charge < -0.3 is 5.73 Å². The van der Waals surface area contributed by atoms with Crippen LogP contribution in [0, 0.1) is 27.6 Å². The molecule has 0 amide bonds. The molecule has 1 fully saturated rings. The van der Waals surface area contributed by atoms with Crippen molar-refractivity contribution in [2.24, 2.45) is 33.3 Å². The van der Waals surface area contributed by atoms with E-state index in [0.717, 1.165) is 6.54 Å². The summed E-state index contributed by atoms with van der Waals surface area (Å²) in [6, 6.07) is 0. The Bertz CT molecular complexity index is 288. The predicted molar refractivity (Wildman–Crippen MR) is 76.9 cm³/mol. The van der Waals surface area contributed by atoms with Crippen molar-refractivity contribution in [3.8, 4) is 0 Å². The summed E-state index contributed by atoms with van der Waals surface area (Å²) in [5.74, 6) is 0.716. The standard InChI is InChI=1S/C16H33N/c1-12-9-16(8,11-17)10-13(2,3)15(6,7)14(12,4)5/h12H,9-11,17H2,1-8H3. The van der Waals surface area contributed by atoms with Gasteiger partial charge in [-0.2, -0.15) is 0 Å². The first-order chi connectivity index (χ1) is 7.40. The Hall–Kier alpha value is -0.0400. The minimum atomic E-state index is 0.300. The molecule has 102 valence electrons. The van der Waals surface area contributed by atoms with Crippen LogP contribution in [0.15, 0.2) is 0 Å². The zero-order valence-electron chi connectivity index (χ0n) is 13.3. The van der Waals surface area contributed by atoms with E-state index in [2.05, 4.69) is 55.4 Å². The molecule has 1 aliphatic carbocycles. The molecule has 0 aromatic rings. The van der Waals surface area contributed by atoms with Gasteiger partial charge in [0.05, 0.1) is 0 Å². The van der Waals surface area contributed by atoms with Crippen molar-refractivity contribution < 1.29 is 0 Å². The van der Waals surface area contributed by atoms with Crippen molar-refractivity contribution >= 4 is 0 Å². The number of rotatable bonds is 1. The third-order valence-corrected chi connectivity index (χ3v) is 6.70. The van der Waals surface area contributed by atoms with Crippen molar-refractivity contribution in [3.63, 3.8) is 0 Å². The van der Waals surface area contributed by atoms with E-state index < -0.39 is 0 Å². The van der Waals surface area contributed by atoms with E-state index in [1.165, 1.54) is 12.8 Å². The van der Waals surface area contributed by atoms with Gasteiger partial charge in [-0.25, -0.2) is 0 Å². The maximum absolute atomic E-state index is 6.07. The van der Waals surface area contributed by atoms with Gasteiger partial charge in [-0.3, -0.25) is 0 Å². The molecule has 1 heteroatoms. The Morgan fingerprint density at radius 3 is 1.88 bits per heavy atom. The second kappa shape index (κ2) is 3.98. The Morgan fingerprint density at radius 1 is 1.00 bits per heavy atom. The number of hydrogen-bond acceptors (Lipinski definition) is 1. The van der Waals surface area contributed by atoms with E-state index >= 15 is 0 Å². The molecule has 0 aliphatic heterocycles. The quantitative estimate of drug-likeness (QED) is 0.672. The fourth-order valence-corrected chi connectivity index (χ4v) is 4.00. The van der Waals surface area contributed by atoms with Crippen molar-refractivity contribution in [3.05, 3.63) is 0 Å². The fraction of sp³-hybridized carbons (Fsp3) is 1.00. The smallest absolute Gasteiger partial charge is 0.00229 e. The highest BCUT2D eigenvalue weighted by atomic mass is 14.7. The van der Waals surface area contributed by atoms with Gasteiger partial charge >= 0.3 is 0 Å². The molecule has 2 N–H and O–H groups in total. The summed E-state index contributed by atoms with van der Waals surface area (Å²) in [5, 5.41) is 0. The SMILES string of the molecule is CC1CC(C)(CN)CC(C)(C)C(C)(C)C1(C)C. The van der Waals surface area contributed by atoms with Gasteiger partial charge in [0.2, 0.25) is 0 Å². The lowest BCUT2D eigenvalue weighted by Crippen LogP contribution is -2.46. The maximum atomic E-state index is 6.07. The fourth-order valence-electron chi connectivity index (χ4n) is 4.00. The monoisotopic (exact) mass is 239 g/mol. The first kappa shape index (κ1) is 15.0. The average Bonchev–Trinajstić information content (AvgIpc) is 2.17. The van der Waals surface area contributed by atoms with E-state index in [1.54, 1.807) is 0 Å². The molecule has 0 aromatic carbocycles. The van der Waals surface area contributed by atoms with Crippen molar-refractivity contribution in [2.45, 2.75) is 68.2 Å². The van der Waals surface area contributed by atoms with Crippen LogP contribution in [0.5, 0.6) is 0 Å². The normalized spacial score (nSPS) is 39.7. The average molecular weight is 239 g/mol. The van der Waals surface area contributed by atoms with Crippen LogP contribution in [0.4, 0.5) is 0 Å². The summed E-state index contributed by atoms with van der Waals surface area (Å²) in [6.07, 6.45) is 2.49. The van der Waals surface area contributed by atoms with Crippen LogP contribution in [-0.4, -0.2) is 6.54 Å². The third-order valence-electron chi connectivity index (χ3n) is 6.70. The predicted octanol–water partition coefficient (Wildman–Crippen LogP) is 4.46. The zero-order valence-corrected chi connectivity index (χ0v) is 13.3. The van der Waals surface area contributed by atoms with E-state index in [0.29, 0.717) is 27.6 Å². The summed E-state index contributed by atoms with van der Waals surface area (Å²) in [4.78, 5) is 0. The zero-order chi connectivity index (χ0) is 13.7. The molecular formula is C16H33N. The number of nitrogens with two attached hydrogens (primary N) is 1. The lowest BCUT2D eigenvalue weighted by Gasteiger charge is -2.53. The molecule has 0 bridgehead atoms. The molecule has 2 atom stereocenters. The molecule has 2 unspecified atom stereocenters. The van der Waals surface area contributed by atoms with Gasteiger partial charge in [0.1, 0.15) is 0 Å². The van der Waals surface area contributed by atoms with Gasteiger partial charge in [-0.15, -0.1) is 0 Å². The van der Waals surface area contributed by atoms with Crippen molar-refractivity contribution in [1.82, 2.24) is 0 Å². The Morgan fingerprint density at radius 2 is 1.47 bits per heavy atom. The van der Waals surface area contributed by atoms with Crippen LogP contribution in [0.1, 0.15) is 68.2 Å². The minimum Gasteiger partial charge on any atom is -0.330 e. The molecule has 17 heavy (non-hydrogen) atoms. The molecule has 0 spiro atoms. The van der Waals surface area contributed by atoms with Crippen LogP contribution >= 0.6 is 0 Å². The molecule has 1 saturated carbocycles. The van der Waals surface area contributed by atoms with E-state index in [1.807, 2.05) is 0 Å². The van der Waals surface area contributed by atoms with Crippen LogP contribution in [0.25, 0.3) is 0 Å². The molecule has 1 rings (SSSR count). The highest BCUT2D eigenvalue weighted by molar-refractivity contribution is 5.04. The second-order valence-corrected chi connectivity index (χ2v) is 8.53. The van der Waals surface area contributed by atoms with Gasteiger partial charge in [0, 0.05) is 0 Å². The first-order valence-corrected chi connectivity index (χ1v) is 7.10. The topological polar surface area (TPSA) is 26.0 Å². The van der Waals surface area contributed by atoms with Crippen molar-refractivity contribution in [1.29, 1.82) is 0 Å². The molecular weight excluding hydrogens is 206 g/mol. The van der Waals surface area contributed by atoms with Gasteiger partial charge in [-0.1, -0.05) is 55.4 Å². The van der Waals surface area contributed by atoms with E-state index in [-0.39, 0.29) is 0 Å². The largest absolute Gasteiger partial charge is 0.330 e. The summed E-state index contributed by atoms with van der Waals surface area (Å²) >= 11 is 0. The summed E-state index contributed by atoms with van der Waals surface area (Å²) < 4.78 is 0. The van der Waals surface area contributed by atoms with Crippen LogP contribution in [0.3, 0.4) is 0 Å². The summed E-state index contributed by atoms with van der Waals surface area (Å²) in [5.41, 5.74) is 7.37. The molecule has 1 nitrogen and oxygen atoms in total. The molecule has 0 heterocycles. The van der Waals surface area contributed by atoms with Gasteiger partial charge in [-0.05, 0) is 47.0 Å². The van der Waals surface area contributed by atoms with Crippen molar-refractivity contribution in [2.75, 3.05) is 6.54 Å². The van der Waals surface area contributed by atoms with Crippen LogP contribution < -0.4 is 5.73 Å². The van der Waals surface area contributed by atoms with Crippen LogP contribution in [0.2, 0.25) is 0 Å². The second-order valence-electron chi connectivity index (χ2n) is 8.53. The summed E-state index contributed by atoms with van der Waals surface area (Å²) in [7, 11) is 0. The number of hydrogen-bond donors (Lipinski definition) is 1. The minimum absolute atomic E-state index is 0.300. The third kappa shape index (κ3) is 2.16. The lowest BCUT2D eigenvalue weighted by molar-refractivity contribution is -0.0425. The molecule has 0 aromatic heterocycles. The van der Waals surface area contributed by atoms with E-state index in [4.69, 9.17) is 5.73 Å². The molecule has 1 aliphatic rings. The first-order valence-electron chi connectivity index (χ1n) is 7.10. The Labute approximate surface area is 109 Å². The Kier molecular flexibility index (Phi) is 3.52. The van der Waals surface area contributed by atoms with Gasteiger partial charge in [0.15, 0.2) is 0 Å². The lowest BCUT2D eigenvalue weighted by atomic mass is 9.52. The van der Waals surface area contributed by atoms with E-state index in [9.17, 15) is 0 Å². The van der Waals surface area contributed by atoms with Gasteiger partial charge in [0.25, 0.3) is 0 Å². The molecule has 0 radical (unpaired) electrons. The maximum Gasteiger partial charge on any atom is -0.00229 e. The highest BCUT2D eigenvalue weighted by Gasteiger charge is 2.55.